The van der Waals surface area contributed by atoms with Crippen molar-refractivity contribution in [1.82, 2.24) is 14.1 Å². The summed E-state index contributed by atoms with van der Waals surface area (Å²) in [6.45, 7) is 2.35. The highest BCUT2D eigenvalue weighted by Gasteiger charge is 2.32. The average molecular weight is 507 g/mol. The molecule has 1 amide bonds. The van der Waals surface area contributed by atoms with Crippen molar-refractivity contribution in [3.05, 3.63) is 77.5 Å². The summed E-state index contributed by atoms with van der Waals surface area (Å²) in [6, 6.07) is 14.9. The highest BCUT2D eigenvalue weighted by Crippen LogP contribution is 2.30. The first-order chi connectivity index (χ1) is 16.5. The molecule has 186 valence electrons. The molecular formula is C24H25F3N4O3S. The lowest BCUT2D eigenvalue weighted by molar-refractivity contribution is -0.137. The van der Waals surface area contributed by atoms with E-state index in [1.807, 2.05) is 0 Å². The summed E-state index contributed by atoms with van der Waals surface area (Å²) >= 11 is 0. The standard InChI is InChI=1S/C24H25F3N4O3S/c1-17-14-22(29-31(17)16-18-6-5-7-20(15-18)24(25,26)27)28-23(32)19-10-12-30(13-11-19)35(33,34)21-8-3-2-4-9-21/h2-9,14-15,19H,10-13,16H2,1H3,(H,28,29,32). The number of carbonyl (C=O) groups excluding carboxylic acids is 1. The van der Waals surface area contributed by atoms with Gasteiger partial charge in [0.1, 0.15) is 0 Å². The molecule has 11 heteroatoms. The molecule has 2 aromatic carbocycles. The van der Waals surface area contributed by atoms with Crippen molar-refractivity contribution in [3.8, 4) is 0 Å². The second-order valence-corrected chi connectivity index (χ2v) is 10.4. The third kappa shape index (κ3) is 5.73. The van der Waals surface area contributed by atoms with E-state index in [2.05, 4.69) is 10.4 Å². The predicted molar refractivity (Wildman–Crippen MR) is 124 cm³/mol. The quantitative estimate of drug-likeness (QED) is 0.541. The molecule has 4 rings (SSSR count). The van der Waals surface area contributed by atoms with Crippen LogP contribution in [0.2, 0.25) is 0 Å². The van der Waals surface area contributed by atoms with Crippen molar-refractivity contribution in [2.75, 3.05) is 18.4 Å². The molecule has 7 nitrogen and oxygen atoms in total. The number of halogens is 3. The largest absolute Gasteiger partial charge is 0.416 e. The minimum atomic E-state index is -4.43. The zero-order chi connectivity index (χ0) is 25.2. The highest BCUT2D eigenvalue weighted by atomic mass is 32.2. The molecule has 0 unspecified atom stereocenters. The summed E-state index contributed by atoms with van der Waals surface area (Å²) in [6.07, 6.45) is -3.67. The van der Waals surface area contributed by atoms with Crippen LogP contribution in [-0.2, 0) is 27.5 Å². The van der Waals surface area contributed by atoms with Crippen molar-refractivity contribution in [2.24, 2.45) is 5.92 Å². The molecule has 2 heterocycles. The molecule has 0 aliphatic carbocycles. The van der Waals surface area contributed by atoms with E-state index in [0.717, 1.165) is 12.1 Å². The normalized spacial score (nSPS) is 15.8. The molecule has 3 aromatic rings. The van der Waals surface area contributed by atoms with Crippen molar-refractivity contribution in [3.63, 3.8) is 0 Å². The number of nitrogens with zero attached hydrogens (tertiary/aromatic N) is 3. The molecule has 0 radical (unpaired) electrons. The van der Waals surface area contributed by atoms with Gasteiger partial charge in [0.2, 0.25) is 15.9 Å². The third-order valence-corrected chi connectivity index (χ3v) is 7.94. The van der Waals surface area contributed by atoms with Crippen LogP contribution in [0.25, 0.3) is 0 Å². The van der Waals surface area contributed by atoms with Crippen LogP contribution in [0.5, 0.6) is 0 Å². The average Bonchev–Trinajstić information content (AvgIpc) is 3.17. The minimum Gasteiger partial charge on any atom is -0.309 e. The second-order valence-electron chi connectivity index (χ2n) is 8.51. The summed E-state index contributed by atoms with van der Waals surface area (Å²) in [5.74, 6) is -0.324. The van der Waals surface area contributed by atoms with Crippen LogP contribution >= 0.6 is 0 Å². The molecule has 0 atom stereocenters. The lowest BCUT2D eigenvalue weighted by Gasteiger charge is -2.30. The smallest absolute Gasteiger partial charge is 0.309 e. The van der Waals surface area contributed by atoms with Crippen LogP contribution in [0.4, 0.5) is 19.0 Å². The Hall–Kier alpha value is -3.18. The van der Waals surface area contributed by atoms with Gasteiger partial charge in [-0.25, -0.2) is 8.42 Å². The van der Waals surface area contributed by atoms with Gasteiger partial charge >= 0.3 is 6.18 Å². The molecule has 0 bridgehead atoms. The fourth-order valence-electron chi connectivity index (χ4n) is 4.08. The molecular weight excluding hydrogens is 481 g/mol. The maximum atomic E-state index is 13.0. The zero-order valence-electron chi connectivity index (χ0n) is 19.0. The van der Waals surface area contributed by atoms with Gasteiger partial charge in [0, 0.05) is 30.8 Å². The summed E-state index contributed by atoms with van der Waals surface area (Å²) < 4.78 is 67.4. The van der Waals surface area contributed by atoms with E-state index in [9.17, 15) is 26.4 Å². The van der Waals surface area contributed by atoms with Gasteiger partial charge < -0.3 is 5.32 Å². The van der Waals surface area contributed by atoms with E-state index < -0.39 is 21.8 Å². The molecule has 1 N–H and O–H groups in total. The fraction of sp³-hybridized carbons (Fsp3) is 0.333. The van der Waals surface area contributed by atoms with Crippen molar-refractivity contribution in [2.45, 2.75) is 37.4 Å². The van der Waals surface area contributed by atoms with E-state index in [-0.39, 0.29) is 36.4 Å². The van der Waals surface area contributed by atoms with Gasteiger partial charge in [0.15, 0.2) is 5.82 Å². The Morgan fingerprint density at radius 3 is 2.40 bits per heavy atom. The van der Waals surface area contributed by atoms with E-state index >= 15 is 0 Å². The SMILES string of the molecule is Cc1cc(NC(=O)C2CCN(S(=O)(=O)c3ccccc3)CC2)nn1Cc1cccc(C(F)(F)F)c1. The summed E-state index contributed by atoms with van der Waals surface area (Å²) in [7, 11) is -3.60. The van der Waals surface area contributed by atoms with Gasteiger partial charge in [-0.3, -0.25) is 9.48 Å². The summed E-state index contributed by atoms with van der Waals surface area (Å²) in [4.78, 5) is 13.0. The number of aromatic nitrogens is 2. The number of piperidine rings is 1. The maximum Gasteiger partial charge on any atom is 0.416 e. The number of rotatable bonds is 6. The number of sulfonamides is 1. The number of anilines is 1. The Morgan fingerprint density at radius 1 is 1.06 bits per heavy atom. The van der Waals surface area contributed by atoms with E-state index in [1.165, 1.54) is 15.1 Å². The Kier molecular flexibility index (Phi) is 7.00. The number of aryl methyl sites for hydroxylation is 1. The van der Waals surface area contributed by atoms with Crippen LogP contribution in [-0.4, -0.2) is 41.5 Å². The van der Waals surface area contributed by atoms with E-state index in [4.69, 9.17) is 0 Å². The molecule has 1 aliphatic heterocycles. The fourth-order valence-corrected chi connectivity index (χ4v) is 5.57. The number of alkyl halides is 3. The second kappa shape index (κ2) is 9.82. The first kappa shape index (κ1) is 24.9. The van der Waals surface area contributed by atoms with Gasteiger partial charge in [-0.1, -0.05) is 30.3 Å². The Labute approximate surface area is 201 Å². The van der Waals surface area contributed by atoms with Crippen molar-refractivity contribution in [1.29, 1.82) is 0 Å². The Bertz CT molecular complexity index is 1300. The van der Waals surface area contributed by atoms with Crippen LogP contribution in [0.3, 0.4) is 0 Å². The lowest BCUT2D eigenvalue weighted by atomic mass is 9.97. The van der Waals surface area contributed by atoms with Crippen molar-refractivity contribution >= 4 is 21.7 Å². The van der Waals surface area contributed by atoms with Gasteiger partial charge in [-0.2, -0.15) is 22.6 Å². The Morgan fingerprint density at radius 2 is 1.74 bits per heavy atom. The van der Waals surface area contributed by atoms with Crippen LogP contribution in [0, 0.1) is 12.8 Å². The van der Waals surface area contributed by atoms with Gasteiger partial charge in [-0.15, -0.1) is 0 Å². The number of benzene rings is 2. The van der Waals surface area contributed by atoms with E-state index in [0.29, 0.717) is 29.9 Å². The number of hydrogen-bond acceptors (Lipinski definition) is 4. The topological polar surface area (TPSA) is 84.3 Å². The number of carbonyl (C=O) groups is 1. The van der Waals surface area contributed by atoms with Crippen LogP contribution in [0.15, 0.2) is 65.6 Å². The maximum absolute atomic E-state index is 13.0. The van der Waals surface area contributed by atoms with Crippen LogP contribution in [0.1, 0.15) is 29.7 Å². The third-order valence-electron chi connectivity index (χ3n) is 6.02. The minimum absolute atomic E-state index is 0.126. The molecule has 1 aromatic heterocycles. The molecule has 1 saturated heterocycles. The van der Waals surface area contributed by atoms with Gasteiger partial charge in [0.25, 0.3) is 0 Å². The van der Waals surface area contributed by atoms with Gasteiger partial charge in [0.05, 0.1) is 17.0 Å². The number of amides is 1. The molecule has 1 fully saturated rings. The molecule has 1 aliphatic rings. The first-order valence-electron chi connectivity index (χ1n) is 11.1. The van der Waals surface area contributed by atoms with Gasteiger partial charge in [-0.05, 0) is 49.6 Å². The van der Waals surface area contributed by atoms with Crippen molar-refractivity contribution < 1.29 is 26.4 Å². The molecule has 0 saturated carbocycles. The monoisotopic (exact) mass is 506 g/mol. The predicted octanol–water partition coefficient (Wildman–Crippen LogP) is 4.30. The van der Waals surface area contributed by atoms with Crippen LogP contribution < -0.4 is 5.32 Å². The first-order valence-corrected chi connectivity index (χ1v) is 12.5. The Balaban J connectivity index is 1.36. The summed E-state index contributed by atoms with van der Waals surface area (Å²) in [5.41, 5.74) is 0.395. The molecule has 35 heavy (non-hydrogen) atoms. The molecule has 0 spiro atoms. The van der Waals surface area contributed by atoms with E-state index in [1.54, 1.807) is 49.4 Å². The zero-order valence-corrected chi connectivity index (χ0v) is 19.8. The lowest BCUT2D eigenvalue weighted by Crippen LogP contribution is -2.41. The summed E-state index contributed by atoms with van der Waals surface area (Å²) in [5, 5.41) is 7.08. The highest BCUT2D eigenvalue weighted by molar-refractivity contribution is 7.89. The number of nitrogens with one attached hydrogen (secondary N) is 1. The number of hydrogen-bond donors (Lipinski definition) is 1.